The maximum atomic E-state index is 12.6. The fourth-order valence-electron chi connectivity index (χ4n) is 3.22. The number of nitrogens with zero attached hydrogens (tertiary/aromatic N) is 1. The number of nitrogens with one attached hydrogen (secondary N) is 1. The maximum Gasteiger partial charge on any atom is 0.253 e. The highest BCUT2D eigenvalue weighted by molar-refractivity contribution is 5.94. The van der Waals surface area contributed by atoms with Crippen LogP contribution in [-0.2, 0) is 11.3 Å². The van der Waals surface area contributed by atoms with Gasteiger partial charge >= 0.3 is 0 Å². The number of carbonyl (C=O) groups is 1. The topological polar surface area (TPSA) is 41.6 Å². The van der Waals surface area contributed by atoms with E-state index in [1.165, 1.54) is 12.8 Å². The molecular weight excluding hydrogens is 252 g/mol. The first-order valence-electron chi connectivity index (χ1n) is 7.39. The SMILES string of the molecule is COCc1ccc(C(=O)N2CCC3CCC(C2)N3)cc1. The molecule has 1 aromatic carbocycles. The molecule has 2 bridgehead atoms. The van der Waals surface area contributed by atoms with E-state index in [0.29, 0.717) is 18.7 Å². The van der Waals surface area contributed by atoms with Crippen molar-refractivity contribution in [2.75, 3.05) is 20.2 Å². The second-order valence-corrected chi connectivity index (χ2v) is 5.81. The van der Waals surface area contributed by atoms with Gasteiger partial charge in [0.1, 0.15) is 0 Å². The summed E-state index contributed by atoms with van der Waals surface area (Å²) in [6.07, 6.45) is 3.53. The van der Waals surface area contributed by atoms with Crippen molar-refractivity contribution in [1.29, 1.82) is 0 Å². The minimum absolute atomic E-state index is 0.156. The molecule has 0 saturated carbocycles. The summed E-state index contributed by atoms with van der Waals surface area (Å²) < 4.78 is 5.09. The van der Waals surface area contributed by atoms with Gasteiger partial charge in [0.25, 0.3) is 5.91 Å². The Kier molecular flexibility index (Phi) is 4.03. The third-order valence-corrected chi connectivity index (χ3v) is 4.32. The molecule has 4 heteroatoms. The average Bonchev–Trinajstić information content (AvgIpc) is 2.79. The molecule has 3 rings (SSSR count). The van der Waals surface area contributed by atoms with Crippen molar-refractivity contribution in [3.05, 3.63) is 35.4 Å². The van der Waals surface area contributed by atoms with E-state index in [2.05, 4.69) is 5.32 Å². The van der Waals surface area contributed by atoms with Crippen LogP contribution in [0.25, 0.3) is 0 Å². The van der Waals surface area contributed by atoms with Crippen molar-refractivity contribution in [2.24, 2.45) is 0 Å². The normalized spacial score (nSPS) is 25.6. The lowest BCUT2D eigenvalue weighted by Crippen LogP contribution is -2.39. The lowest BCUT2D eigenvalue weighted by atomic mass is 10.1. The van der Waals surface area contributed by atoms with Crippen LogP contribution in [0.15, 0.2) is 24.3 Å². The standard InChI is InChI=1S/C16H22N2O2/c1-20-11-12-2-4-13(5-3-12)16(19)18-9-8-14-6-7-15(10-18)17-14/h2-5,14-15,17H,6-11H2,1H3. The molecule has 0 aromatic heterocycles. The molecule has 2 unspecified atom stereocenters. The Morgan fingerprint density at radius 3 is 2.75 bits per heavy atom. The molecule has 0 spiro atoms. The van der Waals surface area contributed by atoms with Gasteiger partial charge in [0.15, 0.2) is 0 Å². The number of benzene rings is 1. The van der Waals surface area contributed by atoms with E-state index in [-0.39, 0.29) is 5.91 Å². The van der Waals surface area contributed by atoms with Crippen LogP contribution >= 0.6 is 0 Å². The number of amides is 1. The van der Waals surface area contributed by atoms with Gasteiger partial charge in [-0.05, 0) is 37.0 Å². The smallest absolute Gasteiger partial charge is 0.253 e. The molecule has 2 heterocycles. The maximum absolute atomic E-state index is 12.6. The Morgan fingerprint density at radius 2 is 2.00 bits per heavy atom. The number of hydrogen-bond donors (Lipinski definition) is 1. The van der Waals surface area contributed by atoms with Crippen molar-refractivity contribution in [2.45, 2.75) is 38.0 Å². The fourth-order valence-corrected chi connectivity index (χ4v) is 3.22. The van der Waals surface area contributed by atoms with Gasteiger partial charge in [0.05, 0.1) is 6.61 Å². The first-order chi connectivity index (χ1) is 9.76. The van der Waals surface area contributed by atoms with Crippen molar-refractivity contribution < 1.29 is 9.53 Å². The van der Waals surface area contributed by atoms with Gasteiger partial charge in [0.2, 0.25) is 0 Å². The van der Waals surface area contributed by atoms with Gasteiger partial charge in [-0.2, -0.15) is 0 Å². The number of likely N-dealkylation sites (tertiary alicyclic amines) is 1. The van der Waals surface area contributed by atoms with E-state index in [0.717, 1.165) is 30.6 Å². The molecule has 2 saturated heterocycles. The number of carbonyl (C=O) groups excluding carboxylic acids is 1. The quantitative estimate of drug-likeness (QED) is 0.914. The van der Waals surface area contributed by atoms with Crippen LogP contribution in [0.1, 0.15) is 35.2 Å². The van der Waals surface area contributed by atoms with Crippen LogP contribution in [0.5, 0.6) is 0 Å². The number of methoxy groups -OCH3 is 1. The van der Waals surface area contributed by atoms with Gasteiger partial charge in [-0.1, -0.05) is 12.1 Å². The number of hydrogen-bond acceptors (Lipinski definition) is 3. The molecule has 1 amide bonds. The highest BCUT2D eigenvalue weighted by atomic mass is 16.5. The summed E-state index contributed by atoms with van der Waals surface area (Å²) in [6, 6.07) is 8.86. The minimum atomic E-state index is 0.156. The summed E-state index contributed by atoms with van der Waals surface area (Å²) in [4.78, 5) is 14.6. The summed E-state index contributed by atoms with van der Waals surface area (Å²) in [6.45, 7) is 2.30. The highest BCUT2D eigenvalue weighted by Crippen LogP contribution is 2.21. The van der Waals surface area contributed by atoms with Gasteiger partial charge in [-0.15, -0.1) is 0 Å². The van der Waals surface area contributed by atoms with Crippen LogP contribution in [0.2, 0.25) is 0 Å². The minimum Gasteiger partial charge on any atom is -0.380 e. The molecule has 20 heavy (non-hydrogen) atoms. The van der Waals surface area contributed by atoms with E-state index in [9.17, 15) is 4.79 Å². The van der Waals surface area contributed by atoms with Crippen molar-refractivity contribution in [3.8, 4) is 0 Å². The first kappa shape index (κ1) is 13.6. The molecule has 2 aliphatic rings. The zero-order valence-electron chi connectivity index (χ0n) is 12.0. The molecule has 1 N–H and O–H groups in total. The van der Waals surface area contributed by atoms with Gasteiger partial charge in [0, 0.05) is 37.8 Å². The van der Waals surface area contributed by atoms with Gasteiger partial charge in [-0.25, -0.2) is 0 Å². The van der Waals surface area contributed by atoms with Crippen LogP contribution in [0.4, 0.5) is 0 Å². The van der Waals surface area contributed by atoms with Crippen molar-refractivity contribution in [3.63, 3.8) is 0 Å². The number of rotatable bonds is 3. The molecule has 4 nitrogen and oxygen atoms in total. The van der Waals surface area contributed by atoms with E-state index < -0.39 is 0 Å². The summed E-state index contributed by atoms with van der Waals surface area (Å²) >= 11 is 0. The van der Waals surface area contributed by atoms with Gasteiger partial charge in [-0.3, -0.25) is 4.79 Å². The summed E-state index contributed by atoms with van der Waals surface area (Å²) in [5.74, 6) is 0.156. The number of ether oxygens (including phenoxy) is 1. The molecule has 0 radical (unpaired) electrons. The average molecular weight is 274 g/mol. The Labute approximate surface area is 120 Å². The Balaban J connectivity index is 1.68. The lowest BCUT2D eigenvalue weighted by Gasteiger charge is -2.24. The highest BCUT2D eigenvalue weighted by Gasteiger charge is 2.31. The third-order valence-electron chi connectivity index (χ3n) is 4.32. The van der Waals surface area contributed by atoms with Gasteiger partial charge < -0.3 is 15.0 Å². The predicted molar refractivity (Wildman–Crippen MR) is 77.6 cm³/mol. The molecule has 2 atom stereocenters. The zero-order chi connectivity index (χ0) is 13.9. The van der Waals surface area contributed by atoms with Crippen LogP contribution < -0.4 is 5.32 Å². The Morgan fingerprint density at radius 1 is 1.25 bits per heavy atom. The summed E-state index contributed by atoms with van der Waals surface area (Å²) in [7, 11) is 1.68. The van der Waals surface area contributed by atoms with Crippen LogP contribution in [0, 0.1) is 0 Å². The van der Waals surface area contributed by atoms with Crippen LogP contribution in [-0.4, -0.2) is 43.1 Å². The molecule has 1 aromatic rings. The molecule has 2 fully saturated rings. The largest absolute Gasteiger partial charge is 0.380 e. The van der Waals surface area contributed by atoms with Crippen molar-refractivity contribution in [1.82, 2.24) is 10.2 Å². The summed E-state index contributed by atoms with van der Waals surface area (Å²) in [5, 5.41) is 3.60. The zero-order valence-corrected chi connectivity index (χ0v) is 12.0. The molecule has 108 valence electrons. The third kappa shape index (κ3) is 2.86. The van der Waals surface area contributed by atoms with E-state index >= 15 is 0 Å². The summed E-state index contributed by atoms with van der Waals surface area (Å²) in [5.41, 5.74) is 1.88. The van der Waals surface area contributed by atoms with Crippen molar-refractivity contribution >= 4 is 5.91 Å². The van der Waals surface area contributed by atoms with E-state index in [4.69, 9.17) is 4.74 Å². The first-order valence-corrected chi connectivity index (χ1v) is 7.39. The molecule has 0 aliphatic carbocycles. The number of fused-ring (bicyclic) bond motifs is 2. The predicted octanol–water partition coefficient (Wildman–Crippen LogP) is 1.80. The Bertz CT molecular complexity index is 472. The Hall–Kier alpha value is -1.39. The van der Waals surface area contributed by atoms with Crippen LogP contribution in [0.3, 0.4) is 0 Å². The monoisotopic (exact) mass is 274 g/mol. The van der Waals surface area contributed by atoms with E-state index in [1.54, 1.807) is 7.11 Å². The van der Waals surface area contributed by atoms with E-state index in [1.807, 2.05) is 29.2 Å². The lowest BCUT2D eigenvalue weighted by molar-refractivity contribution is 0.0748. The second kappa shape index (κ2) is 5.94. The molecular formula is C16H22N2O2. The molecule has 2 aliphatic heterocycles. The fraction of sp³-hybridized carbons (Fsp3) is 0.562. The second-order valence-electron chi connectivity index (χ2n) is 5.81.